The summed E-state index contributed by atoms with van der Waals surface area (Å²) in [5, 5.41) is 9.92. The summed E-state index contributed by atoms with van der Waals surface area (Å²) < 4.78 is 2.22. The van der Waals surface area contributed by atoms with Crippen molar-refractivity contribution in [3.8, 4) is 11.3 Å². The van der Waals surface area contributed by atoms with E-state index in [2.05, 4.69) is 33.8 Å². The highest BCUT2D eigenvalue weighted by molar-refractivity contribution is 5.69. The summed E-state index contributed by atoms with van der Waals surface area (Å²) in [5.41, 5.74) is 3.80. The van der Waals surface area contributed by atoms with E-state index in [0.717, 1.165) is 12.8 Å². The molecule has 0 amide bonds. The van der Waals surface area contributed by atoms with Crippen LogP contribution in [0.2, 0.25) is 0 Å². The van der Waals surface area contributed by atoms with Crippen LogP contribution in [0.5, 0.6) is 0 Å². The Balaban J connectivity index is 1.90. The summed E-state index contributed by atoms with van der Waals surface area (Å²) >= 11 is 0. The molecule has 0 spiro atoms. The van der Waals surface area contributed by atoms with Crippen molar-refractivity contribution in [1.82, 2.24) is 9.55 Å². The van der Waals surface area contributed by atoms with Crippen LogP contribution in [-0.2, 0) is 0 Å². The van der Waals surface area contributed by atoms with Crippen LogP contribution < -0.4 is 0 Å². The molecule has 0 unspecified atom stereocenters. The third-order valence-electron chi connectivity index (χ3n) is 4.22. The van der Waals surface area contributed by atoms with E-state index in [1.165, 1.54) is 16.8 Å². The van der Waals surface area contributed by atoms with Crippen LogP contribution in [0.25, 0.3) is 11.3 Å². The fraction of sp³-hybridized carbons (Fsp3) is 0.357. The Kier molecular flexibility index (Phi) is 1.77. The van der Waals surface area contributed by atoms with E-state index in [9.17, 15) is 5.11 Å². The zero-order valence-electron chi connectivity index (χ0n) is 9.45. The summed E-state index contributed by atoms with van der Waals surface area (Å²) in [6.45, 7) is 0. The molecule has 1 N–H and O–H groups in total. The number of benzene rings is 1. The maximum atomic E-state index is 9.92. The number of hydrogen-bond acceptors (Lipinski definition) is 2. The van der Waals surface area contributed by atoms with Gasteiger partial charge in [0.1, 0.15) is 0 Å². The molecular formula is C14H14N2O. The van der Waals surface area contributed by atoms with Crippen molar-refractivity contribution in [3.05, 3.63) is 42.4 Å². The predicted molar refractivity (Wildman–Crippen MR) is 64.5 cm³/mol. The molecule has 0 bridgehead atoms. The fourth-order valence-electron chi connectivity index (χ4n) is 3.19. The van der Waals surface area contributed by atoms with Gasteiger partial charge in [0.15, 0.2) is 0 Å². The second kappa shape index (κ2) is 3.20. The van der Waals surface area contributed by atoms with E-state index in [0.29, 0.717) is 5.92 Å². The van der Waals surface area contributed by atoms with Crippen molar-refractivity contribution in [3.63, 3.8) is 0 Å². The topological polar surface area (TPSA) is 38.1 Å². The maximum absolute atomic E-state index is 9.92. The Morgan fingerprint density at radius 3 is 2.88 bits per heavy atom. The molecule has 1 aliphatic carbocycles. The lowest BCUT2D eigenvalue weighted by Gasteiger charge is -2.38. The van der Waals surface area contributed by atoms with E-state index in [1.807, 2.05) is 12.5 Å². The van der Waals surface area contributed by atoms with Crippen LogP contribution in [0.3, 0.4) is 0 Å². The quantitative estimate of drug-likeness (QED) is 0.809. The van der Waals surface area contributed by atoms with Crippen molar-refractivity contribution < 1.29 is 5.11 Å². The molecular weight excluding hydrogens is 212 g/mol. The molecule has 1 fully saturated rings. The smallest absolute Gasteiger partial charge is 0.0956 e. The van der Waals surface area contributed by atoms with Crippen molar-refractivity contribution in [1.29, 1.82) is 0 Å². The third kappa shape index (κ3) is 1.12. The fourth-order valence-corrected chi connectivity index (χ4v) is 3.19. The Morgan fingerprint density at radius 2 is 2.12 bits per heavy atom. The zero-order chi connectivity index (χ0) is 11.4. The van der Waals surface area contributed by atoms with Gasteiger partial charge in [-0.25, -0.2) is 4.98 Å². The average Bonchev–Trinajstić information content (AvgIpc) is 2.91. The normalized spacial score (nSPS) is 29.6. The molecule has 86 valence electrons. The molecule has 2 aliphatic rings. The minimum Gasteiger partial charge on any atom is -0.393 e. The van der Waals surface area contributed by atoms with Crippen molar-refractivity contribution in [2.45, 2.75) is 25.0 Å². The lowest BCUT2D eigenvalue weighted by atomic mass is 9.74. The van der Waals surface area contributed by atoms with Crippen LogP contribution in [-0.4, -0.2) is 20.8 Å². The number of nitrogens with zero attached hydrogens (tertiary/aromatic N) is 2. The molecule has 0 saturated heterocycles. The highest BCUT2D eigenvalue weighted by Crippen LogP contribution is 2.48. The first-order valence-corrected chi connectivity index (χ1v) is 6.15. The highest BCUT2D eigenvalue weighted by Gasteiger charge is 2.41. The molecule has 3 heteroatoms. The number of aliphatic hydroxyl groups excluding tert-OH is 1. The largest absolute Gasteiger partial charge is 0.393 e. The predicted octanol–water partition coefficient (Wildman–Crippen LogP) is 2.22. The maximum Gasteiger partial charge on any atom is 0.0956 e. The zero-order valence-corrected chi connectivity index (χ0v) is 9.45. The first-order chi connectivity index (χ1) is 8.36. The Bertz CT molecular complexity index is 575. The summed E-state index contributed by atoms with van der Waals surface area (Å²) in [7, 11) is 0. The van der Waals surface area contributed by atoms with Gasteiger partial charge in [0.05, 0.1) is 30.4 Å². The van der Waals surface area contributed by atoms with Crippen molar-refractivity contribution in [2.75, 3.05) is 0 Å². The van der Waals surface area contributed by atoms with Gasteiger partial charge in [0.25, 0.3) is 0 Å². The molecule has 3 nitrogen and oxygen atoms in total. The van der Waals surface area contributed by atoms with Crippen molar-refractivity contribution >= 4 is 0 Å². The number of imidazole rings is 1. The van der Waals surface area contributed by atoms with E-state index < -0.39 is 0 Å². The summed E-state index contributed by atoms with van der Waals surface area (Å²) in [5.74, 6) is 0.353. The number of aliphatic hydroxyl groups is 1. The van der Waals surface area contributed by atoms with Gasteiger partial charge in [-0.05, 0) is 18.4 Å². The van der Waals surface area contributed by atoms with Gasteiger partial charge in [0.2, 0.25) is 0 Å². The van der Waals surface area contributed by atoms with Crippen LogP contribution in [0.15, 0.2) is 36.8 Å². The van der Waals surface area contributed by atoms with Gasteiger partial charge in [0, 0.05) is 11.5 Å². The third-order valence-corrected chi connectivity index (χ3v) is 4.22. The summed E-state index contributed by atoms with van der Waals surface area (Å²) in [6.07, 6.45) is 5.71. The molecule has 17 heavy (non-hydrogen) atoms. The van der Waals surface area contributed by atoms with Gasteiger partial charge >= 0.3 is 0 Å². The second-order valence-corrected chi connectivity index (χ2v) is 5.03. The molecule has 3 atom stereocenters. The first kappa shape index (κ1) is 9.42. The summed E-state index contributed by atoms with van der Waals surface area (Å²) in [4.78, 5) is 4.24. The monoisotopic (exact) mass is 226 g/mol. The van der Waals surface area contributed by atoms with Crippen molar-refractivity contribution in [2.24, 2.45) is 5.92 Å². The average molecular weight is 226 g/mol. The number of aromatic nitrogens is 2. The molecule has 1 aliphatic heterocycles. The molecule has 2 heterocycles. The standard InChI is InChI=1S/C14H14N2O/c17-13-6-5-11(13)14-10-4-2-1-3-9(10)12-7-15-8-16(12)14/h1-4,7-8,11,13-14,17H,5-6H2/t11-,13-,14-/m1/s1. The van der Waals surface area contributed by atoms with E-state index in [4.69, 9.17) is 0 Å². The lowest BCUT2D eigenvalue weighted by Crippen LogP contribution is -2.37. The van der Waals surface area contributed by atoms with Crippen LogP contribution >= 0.6 is 0 Å². The Labute approximate surface area is 99.7 Å². The molecule has 4 rings (SSSR count). The van der Waals surface area contributed by atoms with Gasteiger partial charge in [-0.15, -0.1) is 0 Å². The molecule has 1 aromatic heterocycles. The SMILES string of the molecule is O[C@@H]1CC[C@H]1[C@H]1c2ccccc2-c2cncn21. The molecule has 1 saturated carbocycles. The van der Waals surface area contributed by atoms with Crippen LogP contribution in [0.4, 0.5) is 0 Å². The molecule has 2 aromatic rings. The minimum absolute atomic E-state index is 0.151. The Hall–Kier alpha value is -1.61. The van der Waals surface area contributed by atoms with Gasteiger partial charge in [-0.2, -0.15) is 0 Å². The second-order valence-electron chi connectivity index (χ2n) is 5.03. The van der Waals surface area contributed by atoms with Gasteiger partial charge < -0.3 is 9.67 Å². The lowest BCUT2D eigenvalue weighted by molar-refractivity contribution is 0.00415. The highest BCUT2D eigenvalue weighted by atomic mass is 16.3. The molecule has 0 radical (unpaired) electrons. The van der Waals surface area contributed by atoms with Crippen LogP contribution in [0, 0.1) is 5.92 Å². The molecule has 1 aromatic carbocycles. The van der Waals surface area contributed by atoms with Gasteiger partial charge in [-0.1, -0.05) is 24.3 Å². The van der Waals surface area contributed by atoms with Gasteiger partial charge in [-0.3, -0.25) is 0 Å². The number of fused-ring (bicyclic) bond motifs is 3. The Morgan fingerprint density at radius 1 is 1.24 bits per heavy atom. The number of hydrogen-bond donors (Lipinski definition) is 1. The summed E-state index contributed by atoms with van der Waals surface area (Å²) in [6, 6.07) is 8.76. The number of rotatable bonds is 1. The first-order valence-electron chi connectivity index (χ1n) is 6.15. The van der Waals surface area contributed by atoms with Crippen LogP contribution in [0.1, 0.15) is 24.4 Å². The minimum atomic E-state index is -0.151. The van der Waals surface area contributed by atoms with E-state index in [-0.39, 0.29) is 12.1 Å². The van der Waals surface area contributed by atoms with E-state index in [1.54, 1.807) is 0 Å². The van der Waals surface area contributed by atoms with E-state index >= 15 is 0 Å².